The average molecular weight is 431 g/mol. The Morgan fingerprint density at radius 1 is 1.33 bits per heavy atom. The van der Waals surface area contributed by atoms with Gasteiger partial charge in [0.25, 0.3) is 0 Å². The number of methoxy groups -OCH3 is 1. The minimum Gasteiger partial charge on any atom is -0.491 e. The molecule has 30 heavy (non-hydrogen) atoms. The summed E-state index contributed by atoms with van der Waals surface area (Å²) in [6.45, 7) is 1.64. The Morgan fingerprint density at radius 3 is 2.90 bits per heavy atom. The Labute approximate surface area is 182 Å². The molecule has 1 amide bonds. The zero-order chi connectivity index (χ0) is 20.9. The van der Waals surface area contributed by atoms with Crippen LogP contribution >= 0.6 is 11.8 Å². The molecule has 1 fully saturated rings. The summed E-state index contributed by atoms with van der Waals surface area (Å²) in [5.41, 5.74) is 2.24. The molecule has 1 aromatic carbocycles. The van der Waals surface area contributed by atoms with Crippen LogP contribution in [0.25, 0.3) is 0 Å². The molecular formula is C22H30N4O3S. The van der Waals surface area contributed by atoms with Gasteiger partial charge in [-0.15, -0.1) is 10.2 Å². The van der Waals surface area contributed by atoms with Gasteiger partial charge in [-0.25, -0.2) is 0 Å². The lowest BCUT2D eigenvalue weighted by molar-refractivity contribution is -0.129. The molecule has 7 nitrogen and oxygen atoms in total. The molecule has 2 aromatic rings. The van der Waals surface area contributed by atoms with E-state index in [1.54, 1.807) is 13.4 Å². The number of aromatic nitrogens is 3. The molecule has 0 bridgehead atoms. The summed E-state index contributed by atoms with van der Waals surface area (Å²) in [4.78, 5) is 14.7. The average Bonchev–Trinajstić information content (AvgIpc) is 3.05. The molecule has 0 N–H and O–H groups in total. The fourth-order valence-corrected chi connectivity index (χ4v) is 5.25. The van der Waals surface area contributed by atoms with E-state index >= 15 is 0 Å². The number of benzene rings is 1. The molecule has 1 aliphatic heterocycles. The normalized spacial score (nSPS) is 18.4. The van der Waals surface area contributed by atoms with Crippen molar-refractivity contribution in [2.75, 3.05) is 26.0 Å². The topological polar surface area (TPSA) is 69.5 Å². The van der Waals surface area contributed by atoms with E-state index < -0.39 is 0 Å². The number of fused-ring (bicyclic) bond motifs is 1. The number of thioether (sulfide) groups is 1. The molecule has 1 aromatic heterocycles. The third-order valence-corrected chi connectivity index (χ3v) is 7.09. The summed E-state index contributed by atoms with van der Waals surface area (Å²) < 4.78 is 13.7. The lowest BCUT2D eigenvalue weighted by Gasteiger charge is -2.30. The first-order chi connectivity index (χ1) is 14.7. The fraction of sp³-hybridized carbons (Fsp3) is 0.591. The highest BCUT2D eigenvalue weighted by Gasteiger charge is 2.27. The molecule has 1 atom stereocenters. The minimum absolute atomic E-state index is 0.0837. The number of hydrogen-bond donors (Lipinski definition) is 0. The van der Waals surface area contributed by atoms with Gasteiger partial charge in [0.15, 0.2) is 5.16 Å². The van der Waals surface area contributed by atoms with Crippen LogP contribution in [0.15, 0.2) is 29.7 Å². The van der Waals surface area contributed by atoms with Gasteiger partial charge >= 0.3 is 0 Å². The molecule has 1 aliphatic carbocycles. The van der Waals surface area contributed by atoms with Gasteiger partial charge in [-0.3, -0.25) is 4.79 Å². The van der Waals surface area contributed by atoms with Crippen molar-refractivity contribution in [3.05, 3.63) is 35.7 Å². The summed E-state index contributed by atoms with van der Waals surface area (Å²) in [7, 11) is 3.68. The monoisotopic (exact) mass is 430 g/mol. The van der Waals surface area contributed by atoms with Crippen molar-refractivity contribution in [1.29, 1.82) is 0 Å². The van der Waals surface area contributed by atoms with Crippen LogP contribution < -0.4 is 4.74 Å². The smallest absolute Gasteiger partial charge is 0.233 e. The van der Waals surface area contributed by atoms with Gasteiger partial charge in [-0.2, -0.15) is 0 Å². The third kappa shape index (κ3) is 4.81. The number of carbonyl (C=O) groups is 1. The Balaban J connectivity index is 1.46. The summed E-state index contributed by atoms with van der Waals surface area (Å²) >= 11 is 1.41. The Kier molecular flexibility index (Phi) is 6.94. The van der Waals surface area contributed by atoms with Crippen LogP contribution in [0.3, 0.4) is 0 Å². The van der Waals surface area contributed by atoms with E-state index in [2.05, 4.69) is 22.3 Å². The van der Waals surface area contributed by atoms with Gasteiger partial charge in [-0.1, -0.05) is 37.1 Å². The van der Waals surface area contributed by atoms with Crippen LogP contribution in [0.5, 0.6) is 5.75 Å². The lowest BCUT2D eigenvalue weighted by atomic mass is 9.82. The maximum atomic E-state index is 12.9. The number of rotatable bonds is 6. The first kappa shape index (κ1) is 21.2. The molecule has 2 aliphatic rings. The molecule has 0 saturated heterocycles. The van der Waals surface area contributed by atoms with Gasteiger partial charge < -0.3 is 18.9 Å². The van der Waals surface area contributed by atoms with Crippen molar-refractivity contribution < 1.29 is 14.3 Å². The van der Waals surface area contributed by atoms with Crippen molar-refractivity contribution >= 4 is 17.7 Å². The van der Waals surface area contributed by atoms with Gasteiger partial charge in [0.1, 0.15) is 18.7 Å². The van der Waals surface area contributed by atoms with Crippen molar-refractivity contribution in [3.63, 3.8) is 0 Å². The summed E-state index contributed by atoms with van der Waals surface area (Å²) in [5, 5.41) is 8.65. The Bertz CT molecular complexity index is 866. The maximum absolute atomic E-state index is 12.9. The van der Waals surface area contributed by atoms with E-state index in [0.717, 1.165) is 16.5 Å². The van der Waals surface area contributed by atoms with Crippen LogP contribution in [-0.4, -0.2) is 51.6 Å². The van der Waals surface area contributed by atoms with Crippen LogP contribution in [0.4, 0.5) is 0 Å². The van der Waals surface area contributed by atoms with Crippen molar-refractivity contribution in [2.24, 2.45) is 13.0 Å². The second-order valence-electron chi connectivity index (χ2n) is 8.10. The first-order valence-corrected chi connectivity index (χ1v) is 11.7. The minimum atomic E-state index is 0.0837. The molecule has 0 radical (unpaired) electrons. The number of hydrogen-bond acceptors (Lipinski definition) is 6. The lowest BCUT2D eigenvalue weighted by Crippen LogP contribution is -2.33. The van der Waals surface area contributed by atoms with Gasteiger partial charge in [0, 0.05) is 26.3 Å². The summed E-state index contributed by atoms with van der Waals surface area (Å²) in [5.74, 6) is 1.85. The standard InChI is InChI=1S/C22H30N4O3S/c1-25-15-23-24-22(25)30-14-20(27)26-10-11-29-19-9-8-17(12-18(19)13-26)21(28-2)16-6-4-3-5-7-16/h8-9,12,15-16,21H,3-7,10-11,13-14H2,1-2H3/t21-/m1/s1. The molecular weight excluding hydrogens is 400 g/mol. The third-order valence-electron chi connectivity index (χ3n) is 6.07. The maximum Gasteiger partial charge on any atom is 0.233 e. The highest BCUT2D eigenvalue weighted by molar-refractivity contribution is 7.99. The molecule has 1 saturated carbocycles. The van der Waals surface area contributed by atoms with E-state index in [-0.39, 0.29) is 12.0 Å². The predicted octanol–water partition coefficient (Wildman–Crippen LogP) is 3.60. The molecule has 4 rings (SSSR count). The van der Waals surface area contributed by atoms with Crippen LogP contribution in [0, 0.1) is 5.92 Å². The Hall–Kier alpha value is -2.06. The highest BCUT2D eigenvalue weighted by Crippen LogP contribution is 2.38. The van der Waals surface area contributed by atoms with E-state index in [9.17, 15) is 4.79 Å². The van der Waals surface area contributed by atoms with Crippen molar-refractivity contribution in [2.45, 2.75) is 49.9 Å². The highest BCUT2D eigenvalue weighted by atomic mass is 32.2. The van der Waals surface area contributed by atoms with E-state index in [0.29, 0.717) is 31.4 Å². The molecule has 2 heterocycles. The van der Waals surface area contributed by atoms with Crippen LogP contribution in [0.2, 0.25) is 0 Å². The van der Waals surface area contributed by atoms with Gasteiger partial charge in [0.05, 0.1) is 18.4 Å². The number of carbonyl (C=O) groups excluding carboxylic acids is 1. The quantitative estimate of drug-likeness (QED) is 0.653. The van der Waals surface area contributed by atoms with Gasteiger partial charge in [-0.05, 0) is 36.5 Å². The van der Waals surface area contributed by atoms with E-state index in [4.69, 9.17) is 9.47 Å². The number of ether oxygens (including phenoxy) is 2. The molecule has 0 spiro atoms. The predicted molar refractivity (Wildman–Crippen MR) is 115 cm³/mol. The summed E-state index contributed by atoms with van der Waals surface area (Å²) in [6, 6.07) is 6.35. The van der Waals surface area contributed by atoms with Crippen molar-refractivity contribution in [3.8, 4) is 5.75 Å². The van der Waals surface area contributed by atoms with Gasteiger partial charge in [0.2, 0.25) is 5.91 Å². The van der Waals surface area contributed by atoms with E-state index in [1.165, 1.54) is 49.4 Å². The zero-order valence-corrected chi connectivity index (χ0v) is 18.6. The Morgan fingerprint density at radius 2 is 2.17 bits per heavy atom. The first-order valence-electron chi connectivity index (χ1n) is 10.7. The second-order valence-corrected chi connectivity index (χ2v) is 9.04. The number of aryl methyl sites for hydroxylation is 1. The fourth-order valence-electron chi connectivity index (χ4n) is 4.46. The largest absolute Gasteiger partial charge is 0.491 e. The SMILES string of the molecule is CO[C@@H](c1ccc2c(c1)CN(C(=O)CSc1nncn1C)CCO2)C1CCCCC1. The van der Waals surface area contributed by atoms with Crippen molar-refractivity contribution in [1.82, 2.24) is 19.7 Å². The molecule has 8 heteroatoms. The molecule has 0 unspecified atom stereocenters. The number of nitrogens with zero attached hydrogens (tertiary/aromatic N) is 4. The zero-order valence-electron chi connectivity index (χ0n) is 17.7. The molecule has 162 valence electrons. The van der Waals surface area contributed by atoms with Crippen LogP contribution in [0.1, 0.15) is 49.3 Å². The second kappa shape index (κ2) is 9.83. The number of amides is 1. The van der Waals surface area contributed by atoms with Crippen LogP contribution in [-0.2, 0) is 23.1 Å². The summed E-state index contributed by atoms with van der Waals surface area (Å²) in [6.07, 6.45) is 8.08. The van der Waals surface area contributed by atoms with E-state index in [1.807, 2.05) is 22.6 Å².